The Hall–Kier alpha value is -2.38. The third kappa shape index (κ3) is 5.06. The van der Waals surface area contributed by atoms with Gasteiger partial charge in [0.15, 0.2) is 6.54 Å². The van der Waals surface area contributed by atoms with Gasteiger partial charge < -0.3 is 15.1 Å². The van der Waals surface area contributed by atoms with Gasteiger partial charge in [0.05, 0.1) is 31.9 Å². The first kappa shape index (κ1) is 18.4. The first-order chi connectivity index (χ1) is 12.8. The highest BCUT2D eigenvalue weighted by Crippen LogP contribution is 2.26. The van der Waals surface area contributed by atoms with Crippen molar-refractivity contribution in [2.45, 2.75) is 4.90 Å². The number of para-hydroxylation sites is 1. The fourth-order valence-electron chi connectivity index (χ4n) is 2.92. The lowest BCUT2D eigenvalue weighted by molar-refractivity contribution is -0.892. The number of hydrogen-bond acceptors (Lipinski definition) is 5. The Labute approximate surface area is 158 Å². The van der Waals surface area contributed by atoms with Gasteiger partial charge in [-0.1, -0.05) is 18.2 Å². The molecule has 0 atom stereocenters. The van der Waals surface area contributed by atoms with Crippen molar-refractivity contribution in [3.05, 3.63) is 55.4 Å². The Morgan fingerprint density at radius 3 is 2.69 bits per heavy atom. The number of hydrogen-bond donors (Lipinski definition) is 2. The summed E-state index contributed by atoms with van der Waals surface area (Å²) in [5, 5.41) is 3.06. The van der Waals surface area contributed by atoms with E-state index in [1.54, 1.807) is 24.2 Å². The second kappa shape index (κ2) is 9.35. The molecule has 136 valence electrons. The molecule has 1 aliphatic heterocycles. The number of nitrogens with one attached hydrogen (secondary N) is 2. The van der Waals surface area contributed by atoms with E-state index in [2.05, 4.69) is 26.8 Å². The summed E-state index contributed by atoms with van der Waals surface area (Å²) in [6.45, 7) is 7.75. The summed E-state index contributed by atoms with van der Waals surface area (Å²) in [5.41, 5.74) is 0.875. The Morgan fingerprint density at radius 1 is 1.23 bits per heavy atom. The molecule has 6 nitrogen and oxygen atoms in total. The van der Waals surface area contributed by atoms with Crippen molar-refractivity contribution in [2.24, 2.45) is 0 Å². The Kier molecular flexibility index (Phi) is 6.62. The molecule has 7 heteroatoms. The van der Waals surface area contributed by atoms with Gasteiger partial charge in [-0.15, -0.1) is 18.3 Å². The van der Waals surface area contributed by atoms with E-state index in [4.69, 9.17) is 0 Å². The molecule has 0 bridgehead atoms. The summed E-state index contributed by atoms with van der Waals surface area (Å²) < 4.78 is 0. The van der Waals surface area contributed by atoms with Gasteiger partial charge in [0.1, 0.15) is 0 Å². The number of anilines is 2. The summed E-state index contributed by atoms with van der Waals surface area (Å²) in [6.07, 6.45) is 5.39. The van der Waals surface area contributed by atoms with Crippen LogP contribution < -0.4 is 15.1 Å². The minimum absolute atomic E-state index is 0.0519. The average Bonchev–Trinajstić information content (AvgIpc) is 2.68. The number of carbonyl (C=O) groups excluding carboxylic acids is 1. The number of thioether (sulfide) groups is 1. The molecule has 2 heterocycles. The molecular formula is C19H24N5OS+. The average molecular weight is 371 g/mol. The van der Waals surface area contributed by atoms with Gasteiger partial charge >= 0.3 is 0 Å². The van der Waals surface area contributed by atoms with E-state index >= 15 is 0 Å². The molecule has 1 aromatic heterocycles. The van der Waals surface area contributed by atoms with Crippen LogP contribution in [0.5, 0.6) is 0 Å². The van der Waals surface area contributed by atoms with Crippen molar-refractivity contribution in [3.63, 3.8) is 0 Å². The summed E-state index contributed by atoms with van der Waals surface area (Å²) in [7, 11) is 0. The van der Waals surface area contributed by atoms with Crippen molar-refractivity contribution in [3.8, 4) is 0 Å². The van der Waals surface area contributed by atoms with E-state index in [1.807, 2.05) is 36.4 Å². The molecule has 2 aromatic rings. The van der Waals surface area contributed by atoms with E-state index in [9.17, 15) is 4.79 Å². The molecule has 0 radical (unpaired) electrons. The molecule has 0 aliphatic carbocycles. The molecule has 0 unspecified atom stereocenters. The lowest BCUT2D eigenvalue weighted by Gasteiger charge is -2.31. The largest absolute Gasteiger partial charge is 0.330 e. The van der Waals surface area contributed by atoms with Gasteiger partial charge in [0.2, 0.25) is 5.95 Å². The van der Waals surface area contributed by atoms with E-state index in [0.29, 0.717) is 6.54 Å². The highest BCUT2D eigenvalue weighted by atomic mass is 32.2. The highest BCUT2D eigenvalue weighted by molar-refractivity contribution is 7.99. The van der Waals surface area contributed by atoms with Gasteiger partial charge in [-0.05, 0) is 18.2 Å². The molecule has 1 fully saturated rings. The number of benzene rings is 1. The molecule has 0 saturated carbocycles. The second-order valence-electron chi connectivity index (χ2n) is 6.11. The number of nitrogens with zero attached hydrogens (tertiary/aromatic N) is 3. The third-order valence-corrected chi connectivity index (χ3v) is 5.30. The van der Waals surface area contributed by atoms with Crippen LogP contribution in [0.3, 0.4) is 0 Å². The number of amides is 1. The van der Waals surface area contributed by atoms with Crippen molar-refractivity contribution < 1.29 is 9.69 Å². The summed E-state index contributed by atoms with van der Waals surface area (Å²) in [5.74, 6) is 1.64. The fourth-order valence-corrected chi connectivity index (χ4v) is 3.67. The normalized spacial score (nSPS) is 14.8. The molecular weight excluding hydrogens is 346 g/mol. The summed E-state index contributed by atoms with van der Waals surface area (Å²) in [6, 6.07) is 9.72. The SMILES string of the molecule is C=CCSc1ccccc1NC(=O)C[NH+]1CCN(c2ncccn2)CC1. The lowest BCUT2D eigenvalue weighted by Crippen LogP contribution is -3.15. The van der Waals surface area contributed by atoms with E-state index in [-0.39, 0.29) is 5.91 Å². The Morgan fingerprint density at radius 2 is 1.96 bits per heavy atom. The lowest BCUT2D eigenvalue weighted by atomic mass is 10.3. The monoisotopic (exact) mass is 370 g/mol. The molecule has 1 aliphatic rings. The van der Waals surface area contributed by atoms with Crippen LogP contribution in [0.1, 0.15) is 0 Å². The maximum Gasteiger partial charge on any atom is 0.279 e. The highest BCUT2D eigenvalue weighted by Gasteiger charge is 2.23. The Bertz CT molecular complexity index is 732. The number of carbonyl (C=O) groups is 1. The zero-order chi connectivity index (χ0) is 18.2. The zero-order valence-corrected chi connectivity index (χ0v) is 15.5. The number of rotatable bonds is 7. The third-order valence-electron chi connectivity index (χ3n) is 4.23. The number of piperazine rings is 1. The molecule has 26 heavy (non-hydrogen) atoms. The first-order valence-electron chi connectivity index (χ1n) is 8.74. The van der Waals surface area contributed by atoms with Crippen LogP contribution in [0.2, 0.25) is 0 Å². The van der Waals surface area contributed by atoms with Gasteiger partial charge in [0, 0.05) is 23.0 Å². The van der Waals surface area contributed by atoms with Crippen LogP contribution in [0.4, 0.5) is 11.6 Å². The molecule has 1 amide bonds. The van der Waals surface area contributed by atoms with Crippen LogP contribution in [0.15, 0.2) is 60.3 Å². The van der Waals surface area contributed by atoms with Crippen molar-refractivity contribution >= 4 is 29.3 Å². The van der Waals surface area contributed by atoms with Crippen LogP contribution in [-0.4, -0.2) is 54.4 Å². The van der Waals surface area contributed by atoms with E-state index in [0.717, 1.165) is 48.5 Å². The second-order valence-corrected chi connectivity index (χ2v) is 7.17. The van der Waals surface area contributed by atoms with Crippen LogP contribution in [0.25, 0.3) is 0 Å². The van der Waals surface area contributed by atoms with Crippen LogP contribution in [-0.2, 0) is 4.79 Å². The summed E-state index contributed by atoms with van der Waals surface area (Å²) in [4.78, 5) is 25.6. The fraction of sp³-hybridized carbons (Fsp3) is 0.316. The van der Waals surface area contributed by atoms with E-state index < -0.39 is 0 Å². The van der Waals surface area contributed by atoms with Crippen molar-refractivity contribution in [2.75, 3.05) is 48.7 Å². The minimum atomic E-state index is 0.0519. The van der Waals surface area contributed by atoms with E-state index in [1.165, 1.54) is 4.90 Å². The topological polar surface area (TPSA) is 62.6 Å². The quantitative estimate of drug-likeness (QED) is 0.565. The van der Waals surface area contributed by atoms with Gasteiger partial charge in [-0.25, -0.2) is 9.97 Å². The summed E-state index contributed by atoms with van der Waals surface area (Å²) >= 11 is 1.67. The van der Waals surface area contributed by atoms with Crippen LogP contribution in [0, 0.1) is 0 Å². The minimum Gasteiger partial charge on any atom is -0.330 e. The standard InChI is InChI=1S/C19H23N5OS/c1-2-14-26-17-7-4-3-6-16(17)22-18(25)15-23-10-12-24(13-11-23)19-20-8-5-9-21-19/h2-9H,1,10-15H2,(H,22,25)/p+1. The predicted molar refractivity (Wildman–Crippen MR) is 106 cm³/mol. The van der Waals surface area contributed by atoms with Crippen molar-refractivity contribution in [1.29, 1.82) is 0 Å². The first-order valence-corrected chi connectivity index (χ1v) is 9.73. The Balaban J connectivity index is 1.50. The molecule has 0 spiro atoms. The van der Waals surface area contributed by atoms with Gasteiger partial charge in [-0.2, -0.15) is 0 Å². The van der Waals surface area contributed by atoms with Crippen LogP contribution >= 0.6 is 11.8 Å². The molecule has 1 saturated heterocycles. The van der Waals surface area contributed by atoms with Gasteiger partial charge in [-0.3, -0.25) is 4.79 Å². The zero-order valence-electron chi connectivity index (χ0n) is 14.7. The predicted octanol–water partition coefficient (Wildman–Crippen LogP) is 1.10. The maximum atomic E-state index is 12.5. The molecule has 1 aromatic carbocycles. The number of aromatic nitrogens is 2. The molecule has 2 N–H and O–H groups in total. The smallest absolute Gasteiger partial charge is 0.279 e. The molecule has 3 rings (SSSR count). The van der Waals surface area contributed by atoms with Gasteiger partial charge in [0.25, 0.3) is 5.91 Å². The number of quaternary nitrogens is 1. The maximum absolute atomic E-state index is 12.5. The van der Waals surface area contributed by atoms with Crippen molar-refractivity contribution in [1.82, 2.24) is 9.97 Å².